The molecule has 0 fully saturated rings. The summed E-state index contributed by atoms with van der Waals surface area (Å²) in [5.74, 6) is 0.658. The van der Waals surface area contributed by atoms with Crippen LogP contribution >= 0.6 is 11.6 Å². The highest BCUT2D eigenvalue weighted by Gasteiger charge is 2.07. The van der Waals surface area contributed by atoms with Crippen LogP contribution in [0.1, 0.15) is 5.82 Å². The highest BCUT2D eigenvalue weighted by atomic mass is 35.5. The topological polar surface area (TPSA) is 38.7 Å². The zero-order valence-electron chi connectivity index (χ0n) is 9.76. The van der Waals surface area contributed by atoms with Crippen molar-refractivity contribution in [2.75, 3.05) is 0 Å². The van der Waals surface area contributed by atoms with Gasteiger partial charge in [-0.3, -0.25) is 4.98 Å². The SMILES string of the molecule is Cc1nc(Cl)cc(-c2cncc3ccccc23)n1. The molecule has 18 heavy (non-hydrogen) atoms. The van der Waals surface area contributed by atoms with E-state index in [1.54, 1.807) is 12.3 Å². The van der Waals surface area contributed by atoms with Gasteiger partial charge in [-0.05, 0) is 12.3 Å². The van der Waals surface area contributed by atoms with Gasteiger partial charge in [0.1, 0.15) is 11.0 Å². The van der Waals surface area contributed by atoms with E-state index in [0.717, 1.165) is 22.0 Å². The molecule has 2 aromatic heterocycles. The van der Waals surface area contributed by atoms with E-state index in [1.807, 2.05) is 31.3 Å². The van der Waals surface area contributed by atoms with E-state index in [9.17, 15) is 0 Å². The van der Waals surface area contributed by atoms with Crippen LogP contribution in [-0.2, 0) is 0 Å². The third-order valence-corrected chi connectivity index (χ3v) is 2.94. The van der Waals surface area contributed by atoms with Gasteiger partial charge in [0.25, 0.3) is 0 Å². The molecule has 0 saturated heterocycles. The van der Waals surface area contributed by atoms with Crippen LogP contribution in [0.15, 0.2) is 42.7 Å². The summed E-state index contributed by atoms with van der Waals surface area (Å²) >= 11 is 5.98. The number of aryl methyl sites for hydroxylation is 1. The molecule has 0 spiro atoms. The van der Waals surface area contributed by atoms with Crippen molar-refractivity contribution >= 4 is 22.4 Å². The predicted octanol–water partition coefficient (Wildman–Crippen LogP) is 3.65. The fraction of sp³-hybridized carbons (Fsp3) is 0.0714. The van der Waals surface area contributed by atoms with Crippen LogP contribution < -0.4 is 0 Å². The second kappa shape index (κ2) is 4.35. The zero-order valence-corrected chi connectivity index (χ0v) is 10.5. The quantitative estimate of drug-likeness (QED) is 0.623. The first-order valence-electron chi connectivity index (χ1n) is 5.58. The summed E-state index contributed by atoms with van der Waals surface area (Å²) in [5, 5.41) is 2.65. The summed E-state index contributed by atoms with van der Waals surface area (Å²) in [7, 11) is 0. The Kier molecular flexibility index (Phi) is 2.68. The standard InChI is InChI=1S/C14H10ClN3/c1-9-17-13(6-14(15)18-9)12-8-16-7-10-4-2-3-5-11(10)12/h2-8H,1H3. The second-order valence-electron chi connectivity index (χ2n) is 4.03. The largest absolute Gasteiger partial charge is 0.263 e. The van der Waals surface area contributed by atoms with E-state index in [4.69, 9.17) is 11.6 Å². The van der Waals surface area contributed by atoms with Crippen LogP contribution in [0.2, 0.25) is 5.15 Å². The molecule has 0 atom stereocenters. The molecule has 0 radical (unpaired) electrons. The van der Waals surface area contributed by atoms with Crippen LogP contribution in [0, 0.1) is 6.92 Å². The number of hydrogen-bond donors (Lipinski definition) is 0. The average Bonchev–Trinajstić information content (AvgIpc) is 2.37. The molecular weight excluding hydrogens is 246 g/mol. The van der Waals surface area contributed by atoms with E-state index in [2.05, 4.69) is 21.0 Å². The average molecular weight is 256 g/mol. The normalized spacial score (nSPS) is 10.8. The lowest BCUT2D eigenvalue weighted by atomic mass is 10.1. The van der Waals surface area contributed by atoms with Crippen molar-refractivity contribution in [3.8, 4) is 11.3 Å². The second-order valence-corrected chi connectivity index (χ2v) is 4.42. The summed E-state index contributed by atoms with van der Waals surface area (Å²) in [6, 6.07) is 9.84. The first-order chi connectivity index (χ1) is 8.74. The summed E-state index contributed by atoms with van der Waals surface area (Å²) < 4.78 is 0. The molecule has 3 nitrogen and oxygen atoms in total. The lowest BCUT2D eigenvalue weighted by Crippen LogP contribution is -1.93. The Morgan fingerprint density at radius 2 is 1.89 bits per heavy atom. The third-order valence-electron chi connectivity index (χ3n) is 2.75. The first-order valence-corrected chi connectivity index (χ1v) is 5.96. The molecule has 3 aromatic rings. The first kappa shape index (κ1) is 11.1. The van der Waals surface area contributed by atoms with Crippen molar-refractivity contribution in [3.63, 3.8) is 0 Å². The highest BCUT2D eigenvalue weighted by molar-refractivity contribution is 6.29. The molecule has 0 N–H and O–H groups in total. The fourth-order valence-corrected chi connectivity index (χ4v) is 2.22. The summed E-state index contributed by atoms with van der Waals surface area (Å²) in [6.45, 7) is 1.83. The van der Waals surface area contributed by atoms with Gasteiger partial charge in [0.05, 0.1) is 5.69 Å². The maximum absolute atomic E-state index is 5.98. The van der Waals surface area contributed by atoms with Crippen molar-refractivity contribution in [2.24, 2.45) is 0 Å². The van der Waals surface area contributed by atoms with Gasteiger partial charge in [-0.1, -0.05) is 35.9 Å². The Hall–Kier alpha value is -2.00. The van der Waals surface area contributed by atoms with Gasteiger partial charge in [0, 0.05) is 29.4 Å². The van der Waals surface area contributed by atoms with Crippen LogP contribution in [0.25, 0.3) is 22.0 Å². The van der Waals surface area contributed by atoms with Crippen LogP contribution in [-0.4, -0.2) is 15.0 Å². The number of hydrogen-bond acceptors (Lipinski definition) is 3. The number of pyridine rings is 1. The van der Waals surface area contributed by atoms with Gasteiger partial charge < -0.3 is 0 Å². The van der Waals surface area contributed by atoms with Crippen molar-refractivity contribution in [2.45, 2.75) is 6.92 Å². The number of rotatable bonds is 1. The van der Waals surface area contributed by atoms with E-state index in [1.165, 1.54) is 0 Å². The Morgan fingerprint density at radius 3 is 2.72 bits per heavy atom. The number of halogens is 1. The number of nitrogens with zero attached hydrogens (tertiary/aromatic N) is 3. The van der Waals surface area contributed by atoms with Crippen molar-refractivity contribution in [1.29, 1.82) is 0 Å². The molecule has 88 valence electrons. The molecule has 2 heterocycles. The Morgan fingerprint density at radius 1 is 1.06 bits per heavy atom. The smallest absolute Gasteiger partial charge is 0.133 e. The maximum Gasteiger partial charge on any atom is 0.133 e. The van der Waals surface area contributed by atoms with Crippen LogP contribution in [0.5, 0.6) is 0 Å². The molecular formula is C14H10ClN3. The lowest BCUT2D eigenvalue weighted by molar-refractivity contribution is 1.06. The minimum Gasteiger partial charge on any atom is -0.263 e. The van der Waals surface area contributed by atoms with E-state index in [0.29, 0.717) is 11.0 Å². The molecule has 1 aromatic carbocycles. The number of aromatic nitrogens is 3. The number of fused-ring (bicyclic) bond motifs is 1. The fourth-order valence-electron chi connectivity index (χ4n) is 1.99. The molecule has 0 saturated carbocycles. The molecule has 4 heteroatoms. The molecule has 0 amide bonds. The molecule has 0 aliphatic rings. The van der Waals surface area contributed by atoms with Gasteiger partial charge >= 0.3 is 0 Å². The lowest BCUT2D eigenvalue weighted by Gasteiger charge is -2.06. The van der Waals surface area contributed by atoms with E-state index >= 15 is 0 Å². The molecule has 0 aliphatic carbocycles. The predicted molar refractivity (Wildman–Crippen MR) is 72.5 cm³/mol. The highest BCUT2D eigenvalue weighted by Crippen LogP contribution is 2.27. The van der Waals surface area contributed by atoms with Gasteiger partial charge in [-0.25, -0.2) is 9.97 Å². The van der Waals surface area contributed by atoms with Gasteiger partial charge in [0.15, 0.2) is 0 Å². The summed E-state index contributed by atoms with van der Waals surface area (Å²) in [5.41, 5.74) is 1.78. The number of benzene rings is 1. The van der Waals surface area contributed by atoms with Crippen LogP contribution in [0.3, 0.4) is 0 Å². The van der Waals surface area contributed by atoms with Gasteiger partial charge in [-0.2, -0.15) is 0 Å². The zero-order chi connectivity index (χ0) is 12.5. The van der Waals surface area contributed by atoms with Gasteiger partial charge in [0.2, 0.25) is 0 Å². The van der Waals surface area contributed by atoms with E-state index in [-0.39, 0.29) is 0 Å². The summed E-state index contributed by atoms with van der Waals surface area (Å²) in [4.78, 5) is 12.7. The molecule has 0 bridgehead atoms. The minimum atomic E-state index is 0.449. The third kappa shape index (κ3) is 1.93. The minimum absolute atomic E-state index is 0.449. The van der Waals surface area contributed by atoms with Crippen LogP contribution in [0.4, 0.5) is 0 Å². The van der Waals surface area contributed by atoms with Crippen molar-refractivity contribution in [1.82, 2.24) is 15.0 Å². The van der Waals surface area contributed by atoms with E-state index < -0.39 is 0 Å². The summed E-state index contributed by atoms with van der Waals surface area (Å²) in [6.07, 6.45) is 3.65. The molecule has 0 aliphatic heterocycles. The maximum atomic E-state index is 5.98. The van der Waals surface area contributed by atoms with Crippen molar-refractivity contribution in [3.05, 3.63) is 53.7 Å². The Labute approximate surface area is 109 Å². The monoisotopic (exact) mass is 255 g/mol. The van der Waals surface area contributed by atoms with Crippen molar-refractivity contribution < 1.29 is 0 Å². The molecule has 3 rings (SSSR count). The Bertz CT molecular complexity index is 700. The van der Waals surface area contributed by atoms with Gasteiger partial charge in [-0.15, -0.1) is 0 Å². The molecule has 0 unspecified atom stereocenters. The Balaban J connectivity index is 2.31.